The molecule has 2 saturated heterocycles. The Morgan fingerprint density at radius 2 is 2.05 bits per heavy atom. The number of aliphatic carboxylic acids is 1. The molecule has 21 heavy (non-hydrogen) atoms. The fraction of sp³-hybridized carbons (Fsp3) is 0.857. The first-order chi connectivity index (χ1) is 10.1. The molecule has 0 spiro atoms. The minimum Gasteiger partial charge on any atom is -0.481 e. The molecule has 7 heteroatoms. The van der Waals surface area contributed by atoms with Crippen LogP contribution in [0.15, 0.2) is 0 Å². The molecule has 2 fully saturated rings. The number of hydrogen-bond acceptors (Lipinski definition) is 4. The molecule has 2 aliphatic heterocycles. The second-order valence-electron chi connectivity index (χ2n) is 5.62. The summed E-state index contributed by atoms with van der Waals surface area (Å²) in [4.78, 5) is 27.4. The highest BCUT2D eigenvalue weighted by atomic mass is 16.5. The quantitative estimate of drug-likeness (QED) is 0.733. The maximum absolute atomic E-state index is 12.3. The van der Waals surface area contributed by atoms with E-state index < -0.39 is 11.9 Å². The topological polar surface area (TPSA) is 82.1 Å². The molecule has 2 rings (SSSR count). The number of urea groups is 1. The number of ether oxygens (including phenoxy) is 1. The number of carboxylic acid groups (broad SMARTS) is 1. The van der Waals surface area contributed by atoms with Crippen LogP contribution in [0.3, 0.4) is 0 Å². The predicted molar refractivity (Wildman–Crippen MR) is 77.2 cm³/mol. The van der Waals surface area contributed by atoms with Crippen molar-refractivity contribution < 1.29 is 19.4 Å². The number of hydrogen-bond donors (Lipinski definition) is 2. The van der Waals surface area contributed by atoms with Crippen LogP contribution in [0.2, 0.25) is 0 Å². The van der Waals surface area contributed by atoms with E-state index in [2.05, 4.69) is 10.2 Å². The van der Waals surface area contributed by atoms with E-state index in [9.17, 15) is 14.7 Å². The van der Waals surface area contributed by atoms with Gasteiger partial charge in [0.15, 0.2) is 0 Å². The normalized spacial score (nSPS) is 26.0. The van der Waals surface area contributed by atoms with Crippen molar-refractivity contribution in [2.24, 2.45) is 5.92 Å². The van der Waals surface area contributed by atoms with Crippen molar-refractivity contribution >= 4 is 12.0 Å². The van der Waals surface area contributed by atoms with Crippen LogP contribution >= 0.6 is 0 Å². The lowest BCUT2D eigenvalue weighted by molar-refractivity contribution is -0.142. The van der Waals surface area contributed by atoms with Crippen LogP contribution in [0.25, 0.3) is 0 Å². The number of amides is 2. The van der Waals surface area contributed by atoms with Crippen molar-refractivity contribution in [1.82, 2.24) is 15.1 Å². The second kappa shape index (κ2) is 7.61. The van der Waals surface area contributed by atoms with Gasteiger partial charge in [-0.05, 0) is 32.9 Å². The van der Waals surface area contributed by atoms with Gasteiger partial charge in [-0.1, -0.05) is 0 Å². The average molecular weight is 299 g/mol. The standard InChI is InChI=1S/C14H25N3O4/c1-2-17(12-10-21-9-11(12)13(18)19)14(20)15-5-8-16-6-3-4-7-16/h11-12H,2-10H2,1H3,(H,15,20)(H,18,19). The molecule has 0 radical (unpaired) electrons. The summed E-state index contributed by atoms with van der Waals surface area (Å²) in [5.74, 6) is -1.53. The molecule has 120 valence electrons. The van der Waals surface area contributed by atoms with E-state index >= 15 is 0 Å². The monoisotopic (exact) mass is 299 g/mol. The Labute approximate surface area is 125 Å². The van der Waals surface area contributed by atoms with E-state index in [1.807, 2.05) is 6.92 Å². The molecule has 2 atom stereocenters. The molecule has 7 nitrogen and oxygen atoms in total. The van der Waals surface area contributed by atoms with Crippen LogP contribution in [0.1, 0.15) is 19.8 Å². The van der Waals surface area contributed by atoms with Gasteiger partial charge in [0.1, 0.15) is 5.92 Å². The van der Waals surface area contributed by atoms with E-state index in [1.54, 1.807) is 4.90 Å². The second-order valence-corrected chi connectivity index (χ2v) is 5.62. The van der Waals surface area contributed by atoms with Crippen LogP contribution in [0.4, 0.5) is 4.79 Å². The first-order valence-electron chi connectivity index (χ1n) is 7.71. The molecule has 0 aromatic heterocycles. The lowest BCUT2D eigenvalue weighted by Crippen LogP contribution is -2.51. The summed E-state index contributed by atoms with van der Waals surface area (Å²) in [6, 6.07) is -0.572. The van der Waals surface area contributed by atoms with Gasteiger partial charge >= 0.3 is 12.0 Å². The maximum atomic E-state index is 12.3. The van der Waals surface area contributed by atoms with Gasteiger partial charge in [0.25, 0.3) is 0 Å². The van der Waals surface area contributed by atoms with E-state index in [-0.39, 0.29) is 18.7 Å². The van der Waals surface area contributed by atoms with Gasteiger partial charge in [0.05, 0.1) is 19.3 Å². The Morgan fingerprint density at radius 3 is 2.67 bits per heavy atom. The summed E-state index contributed by atoms with van der Waals surface area (Å²) in [7, 11) is 0. The largest absolute Gasteiger partial charge is 0.481 e. The van der Waals surface area contributed by atoms with Crippen molar-refractivity contribution in [3.63, 3.8) is 0 Å². The summed E-state index contributed by atoms with van der Waals surface area (Å²) in [5, 5.41) is 12.1. The summed E-state index contributed by atoms with van der Waals surface area (Å²) in [5.41, 5.74) is 0. The summed E-state index contributed by atoms with van der Waals surface area (Å²) >= 11 is 0. The lowest BCUT2D eigenvalue weighted by Gasteiger charge is -2.29. The first kappa shape index (κ1) is 16.0. The number of carboxylic acids is 1. The third kappa shape index (κ3) is 4.07. The molecule has 0 bridgehead atoms. The smallest absolute Gasteiger partial charge is 0.317 e. The Hall–Kier alpha value is -1.34. The number of rotatable bonds is 6. The lowest BCUT2D eigenvalue weighted by atomic mass is 10.0. The Bertz CT molecular complexity index is 371. The van der Waals surface area contributed by atoms with Gasteiger partial charge in [-0.2, -0.15) is 0 Å². The zero-order chi connectivity index (χ0) is 15.2. The molecule has 2 N–H and O–H groups in total. The molecule has 0 aromatic rings. The molecule has 2 heterocycles. The van der Waals surface area contributed by atoms with Gasteiger partial charge < -0.3 is 25.0 Å². The van der Waals surface area contributed by atoms with Gasteiger partial charge in [-0.3, -0.25) is 4.79 Å². The van der Waals surface area contributed by atoms with Crippen LogP contribution in [0.5, 0.6) is 0 Å². The maximum Gasteiger partial charge on any atom is 0.317 e. The van der Waals surface area contributed by atoms with Crippen molar-refractivity contribution in [2.45, 2.75) is 25.8 Å². The van der Waals surface area contributed by atoms with Crippen molar-refractivity contribution in [3.8, 4) is 0 Å². The minimum absolute atomic E-state index is 0.178. The zero-order valence-electron chi connectivity index (χ0n) is 12.6. The molecule has 0 aromatic carbocycles. The average Bonchev–Trinajstić information content (AvgIpc) is 3.10. The highest BCUT2D eigenvalue weighted by Crippen LogP contribution is 2.20. The van der Waals surface area contributed by atoms with E-state index in [0.717, 1.165) is 19.6 Å². The van der Waals surface area contributed by atoms with E-state index in [1.165, 1.54) is 12.8 Å². The van der Waals surface area contributed by atoms with E-state index in [4.69, 9.17) is 4.74 Å². The Kier molecular flexibility index (Phi) is 5.81. The van der Waals surface area contributed by atoms with Crippen molar-refractivity contribution in [1.29, 1.82) is 0 Å². The number of nitrogens with zero attached hydrogens (tertiary/aromatic N) is 2. The molecule has 2 unspecified atom stereocenters. The zero-order valence-corrected chi connectivity index (χ0v) is 12.6. The minimum atomic E-state index is -0.902. The van der Waals surface area contributed by atoms with Crippen LogP contribution < -0.4 is 5.32 Å². The van der Waals surface area contributed by atoms with Gasteiger partial charge in [0, 0.05) is 19.6 Å². The van der Waals surface area contributed by atoms with Gasteiger partial charge in [-0.15, -0.1) is 0 Å². The fourth-order valence-electron chi connectivity index (χ4n) is 3.04. The number of likely N-dealkylation sites (tertiary alicyclic amines) is 1. The number of likely N-dealkylation sites (N-methyl/N-ethyl adjacent to an activating group) is 1. The number of nitrogens with one attached hydrogen (secondary N) is 1. The molecule has 0 aliphatic carbocycles. The number of carbonyl (C=O) groups excluding carboxylic acids is 1. The fourth-order valence-corrected chi connectivity index (χ4v) is 3.04. The summed E-state index contributed by atoms with van der Waals surface area (Å²) in [6.07, 6.45) is 2.46. The van der Waals surface area contributed by atoms with Gasteiger partial charge in [-0.25, -0.2) is 4.79 Å². The number of carbonyl (C=O) groups is 2. The van der Waals surface area contributed by atoms with Crippen LogP contribution in [0, 0.1) is 5.92 Å². The molecular formula is C14H25N3O4. The third-order valence-electron chi connectivity index (χ3n) is 4.27. The molecule has 2 amide bonds. The highest BCUT2D eigenvalue weighted by Gasteiger charge is 2.39. The van der Waals surface area contributed by atoms with E-state index in [0.29, 0.717) is 19.7 Å². The summed E-state index contributed by atoms with van der Waals surface area (Å²) in [6.45, 7) is 6.47. The SMILES string of the molecule is CCN(C(=O)NCCN1CCCC1)C1COCC1C(=O)O. The highest BCUT2D eigenvalue weighted by molar-refractivity contribution is 5.77. The van der Waals surface area contributed by atoms with Crippen LogP contribution in [-0.2, 0) is 9.53 Å². The van der Waals surface area contributed by atoms with Crippen molar-refractivity contribution in [2.75, 3.05) is 45.9 Å². The first-order valence-corrected chi connectivity index (χ1v) is 7.71. The molecular weight excluding hydrogens is 274 g/mol. The molecule has 0 saturated carbocycles. The van der Waals surface area contributed by atoms with Gasteiger partial charge in [0.2, 0.25) is 0 Å². The van der Waals surface area contributed by atoms with Crippen molar-refractivity contribution in [3.05, 3.63) is 0 Å². The van der Waals surface area contributed by atoms with Crippen LogP contribution in [-0.4, -0.2) is 78.9 Å². The molecule has 2 aliphatic rings. The Balaban J connectivity index is 1.81. The third-order valence-corrected chi connectivity index (χ3v) is 4.27. The summed E-state index contributed by atoms with van der Waals surface area (Å²) < 4.78 is 5.24. The Morgan fingerprint density at radius 1 is 1.33 bits per heavy atom. The predicted octanol–water partition coefficient (Wildman–Crippen LogP) is 0.213.